The normalized spacial score (nSPS) is 15.7. The summed E-state index contributed by atoms with van der Waals surface area (Å²) in [6.07, 6.45) is -10.2. The molecule has 0 bridgehead atoms. The van der Waals surface area contributed by atoms with Gasteiger partial charge in [-0.1, -0.05) is 30.3 Å². The summed E-state index contributed by atoms with van der Waals surface area (Å²) in [5, 5.41) is 0.637. The largest absolute Gasteiger partial charge is 0.432 e. The molecule has 3 rings (SSSR count). The molecule has 0 fully saturated rings. The second-order valence-electron chi connectivity index (χ2n) is 4.96. The summed E-state index contributed by atoms with van der Waals surface area (Å²) in [6, 6.07) is 8.45. The summed E-state index contributed by atoms with van der Waals surface area (Å²) in [7, 11) is 0.999. The number of hydrogen-bond donors (Lipinski definition) is 0. The molecule has 116 valence electrons. The standard InChI is InChI=1S/C15H9F6N/c1-22-10-7-3-5-8-4-2-6-9(11(8)10)12(14(16,17)18)13(22)15(19,20)21/h2-7H,1H3. The molecular formula is C15H9F6N. The van der Waals surface area contributed by atoms with E-state index in [4.69, 9.17) is 0 Å². The third-order valence-corrected chi connectivity index (χ3v) is 3.64. The fourth-order valence-corrected chi connectivity index (χ4v) is 2.84. The molecule has 0 saturated carbocycles. The quantitative estimate of drug-likeness (QED) is 0.609. The highest BCUT2D eigenvalue weighted by atomic mass is 19.4. The molecule has 0 N–H and O–H groups in total. The summed E-state index contributed by atoms with van der Waals surface area (Å²) < 4.78 is 79.7. The van der Waals surface area contributed by atoms with Crippen molar-refractivity contribution in [3.63, 3.8) is 0 Å². The molecule has 1 aliphatic rings. The van der Waals surface area contributed by atoms with Crippen molar-refractivity contribution in [2.75, 3.05) is 11.9 Å². The van der Waals surface area contributed by atoms with Crippen LogP contribution in [0.5, 0.6) is 0 Å². The van der Waals surface area contributed by atoms with E-state index in [0.29, 0.717) is 10.3 Å². The maximum Gasteiger partial charge on any atom is 0.432 e. The van der Waals surface area contributed by atoms with Crippen molar-refractivity contribution >= 4 is 22.0 Å². The van der Waals surface area contributed by atoms with Gasteiger partial charge in [0.05, 0.1) is 5.57 Å². The van der Waals surface area contributed by atoms with Crippen molar-refractivity contribution < 1.29 is 26.3 Å². The SMILES string of the molecule is CN1C(C(F)(F)F)=C(C(F)(F)F)c2cccc3cccc1c23. The molecular weight excluding hydrogens is 308 g/mol. The Hall–Kier alpha value is -2.18. The number of rotatable bonds is 0. The minimum absolute atomic E-state index is 0.105. The first-order chi connectivity index (χ1) is 10.1. The summed E-state index contributed by atoms with van der Waals surface area (Å²) in [4.78, 5) is 0.568. The lowest BCUT2D eigenvalue weighted by molar-refractivity contribution is -0.102. The van der Waals surface area contributed by atoms with Crippen LogP contribution >= 0.6 is 0 Å². The lowest BCUT2D eigenvalue weighted by atomic mass is 9.91. The molecule has 0 aliphatic carbocycles. The van der Waals surface area contributed by atoms with Crippen molar-refractivity contribution in [3.8, 4) is 0 Å². The van der Waals surface area contributed by atoms with Crippen LogP contribution in [0.3, 0.4) is 0 Å². The first-order valence-corrected chi connectivity index (χ1v) is 6.27. The molecule has 2 aromatic rings. The van der Waals surface area contributed by atoms with E-state index >= 15 is 0 Å². The molecule has 22 heavy (non-hydrogen) atoms. The number of hydrogen-bond acceptors (Lipinski definition) is 1. The van der Waals surface area contributed by atoms with Gasteiger partial charge in [-0.05, 0) is 17.0 Å². The average molecular weight is 317 g/mol. The second-order valence-corrected chi connectivity index (χ2v) is 4.96. The highest BCUT2D eigenvalue weighted by Gasteiger charge is 2.50. The van der Waals surface area contributed by atoms with Crippen LogP contribution in [-0.4, -0.2) is 19.4 Å². The summed E-state index contributed by atoms with van der Waals surface area (Å²) >= 11 is 0. The Morgan fingerprint density at radius 3 is 1.95 bits per heavy atom. The number of nitrogens with zero attached hydrogens (tertiary/aromatic N) is 1. The Bertz CT molecular complexity index is 779. The van der Waals surface area contributed by atoms with Gasteiger partial charge in [-0.3, -0.25) is 0 Å². The Labute approximate surface area is 121 Å². The van der Waals surface area contributed by atoms with Gasteiger partial charge in [0, 0.05) is 18.1 Å². The van der Waals surface area contributed by atoms with Gasteiger partial charge >= 0.3 is 12.4 Å². The zero-order valence-electron chi connectivity index (χ0n) is 11.2. The van der Waals surface area contributed by atoms with E-state index in [1.165, 1.54) is 18.2 Å². The van der Waals surface area contributed by atoms with Gasteiger partial charge in [0.2, 0.25) is 0 Å². The average Bonchev–Trinajstić information content (AvgIpc) is 2.39. The molecule has 0 radical (unpaired) electrons. The van der Waals surface area contributed by atoms with Gasteiger partial charge in [-0.2, -0.15) is 26.3 Å². The van der Waals surface area contributed by atoms with Crippen LogP contribution in [0.15, 0.2) is 42.1 Å². The molecule has 2 aromatic carbocycles. The number of benzene rings is 2. The highest BCUT2D eigenvalue weighted by Crippen LogP contribution is 2.50. The predicted octanol–water partition coefficient (Wildman–Crippen LogP) is 5.13. The molecule has 0 atom stereocenters. The van der Waals surface area contributed by atoms with E-state index < -0.39 is 29.2 Å². The van der Waals surface area contributed by atoms with Gasteiger partial charge in [-0.25, -0.2) is 0 Å². The summed E-state index contributed by atoms with van der Waals surface area (Å²) in [5.41, 5.74) is -3.67. The van der Waals surface area contributed by atoms with E-state index in [9.17, 15) is 26.3 Å². The van der Waals surface area contributed by atoms with Crippen LogP contribution in [0, 0.1) is 0 Å². The molecule has 1 nitrogen and oxygen atoms in total. The zero-order valence-corrected chi connectivity index (χ0v) is 11.2. The number of allylic oxidation sites excluding steroid dienone is 2. The maximum atomic E-state index is 13.3. The molecule has 1 heterocycles. The Morgan fingerprint density at radius 1 is 0.818 bits per heavy atom. The van der Waals surface area contributed by atoms with Crippen molar-refractivity contribution in [2.45, 2.75) is 12.4 Å². The maximum absolute atomic E-state index is 13.3. The Kier molecular flexibility index (Phi) is 2.95. The zero-order chi connectivity index (χ0) is 16.3. The first-order valence-electron chi connectivity index (χ1n) is 6.27. The summed E-state index contributed by atoms with van der Waals surface area (Å²) in [6.45, 7) is 0. The minimum Gasteiger partial charge on any atom is -0.340 e. The lowest BCUT2D eigenvalue weighted by Crippen LogP contribution is -2.35. The predicted molar refractivity (Wildman–Crippen MR) is 71.4 cm³/mol. The van der Waals surface area contributed by atoms with E-state index in [0.717, 1.165) is 13.1 Å². The molecule has 1 aliphatic heterocycles. The second kappa shape index (κ2) is 4.41. The third kappa shape index (κ3) is 2.03. The van der Waals surface area contributed by atoms with Crippen LogP contribution in [0.25, 0.3) is 16.3 Å². The monoisotopic (exact) mass is 317 g/mol. The van der Waals surface area contributed by atoms with Crippen LogP contribution in [0.1, 0.15) is 5.56 Å². The molecule has 0 saturated heterocycles. The third-order valence-electron chi connectivity index (χ3n) is 3.64. The van der Waals surface area contributed by atoms with Gasteiger partial charge in [0.25, 0.3) is 0 Å². The Morgan fingerprint density at radius 2 is 1.41 bits per heavy atom. The van der Waals surface area contributed by atoms with Crippen molar-refractivity contribution in [1.29, 1.82) is 0 Å². The highest BCUT2D eigenvalue weighted by molar-refractivity contribution is 6.07. The van der Waals surface area contributed by atoms with E-state index in [-0.39, 0.29) is 11.1 Å². The minimum atomic E-state index is -5.12. The molecule has 7 heteroatoms. The fraction of sp³-hybridized carbons (Fsp3) is 0.200. The molecule has 0 amide bonds. The van der Waals surface area contributed by atoms with Crippen LogP contribution in [0.2, 0.25) is 0 Å². The van der Waals surface area contributed by atoms with Crippen LogP contribution < -0.4 is 4.90 Å². The molecule has 0 aromatic heterocycles. The molecule has 0 unspecified atom stereocenters. The van der Waals surface area contributed by atoms with Crippen molar-refractivity contribution in [1.82, 2.24) is 0 Å². The first kappa shape index (κ1) is 14.7. The van der Waals surface area contributed by atoms with Crippen LogP contribution in [0.4, 0.5) is 32.0 Å². The van der Waals surface area contributed by atoms with E-state index in [1.807, 2.05) is 0 Å². The van der Waals surface area contributed by atoms with Gasteiger partial charge in [-0.15, -0.1) is 0 Å². The number of alkyl halides is 6. The molecule has 0 spiro atoms. The van der Waals surface area contributed by atoms with E-state index in [1.54, 1.807) is 12.1 Å². The van der Waals surface area contributed by atoms with Crippen LogP contribution in [-0.2, 0) is 0 Å². The topological polar surface area (TPSA) is 3.24 Å². The number of anilines is 1. The Balaban J connectivity index is 2.50. The van der Waals surface area contributed by atoms with Gasteiger partial charge in [0.1, 0.15) is 5.70 Å². The summed E-state index contributed by atoms with van der Waals surface area (Å²) in [5.74, 6) is 0. The number of halogens is 6. The lowest BCUT2D eigenvalue weighted by Gasteiger charge is -2.34. The van der Waals surface area contributed by atoms with Crippen molar-refractivity contribution in [2.24, 2.45) is 0 Å². The van der Waals surface area contributed by atoms with Gasteiger partial charge in [0.15, 0.2) is 0 Å². The van der Waals surface area contributed by atoms with Gasteiger partial charge < -0.3 is 4.90 Å². The van der Waals surface area contributed by atoms with Crippen molar-refractivity contribution in [3.05, 3.63) is 47.7 Å². The fourth-order valence-electron chi connectivity index (χ4n) is 2.84. The smallest absolute Gasteiger partial charge is 0.340 e. The van der Waals surface area contributed by atoms with E-state index in [2.05, 4.69) is 0 Å².